The third-order valence-corrected chi connectivity index (χ3v) is 5.20. The Balaban J connectivity index is 0. The molecule has 0 radical (unpaired) electrons. The number of aliphatic imine (C=N–C) groups is 1. The molecule has 0 amide bonds. The first kappa shape index (κ1) is 31.9. The van der Waals surface area contributed by atoms with Gasteiger partial charge in [-0.2, -0.15) is 0 Å². The number of nitrogens with zero attached hydrogens (tertiary/aromatic N) is 1. The van der Waals surface area contributed by atoms with Gasteiger partial charge in [0.15, 0.2) is 0 Å². The number of hydrogen-bond acceptors (Lipinski definition) is 5. The number of carbonyl (C=O) groups is 2. The molecule has 0 fully saturated rings. The van der Waals surface area contributed by atoms with Crippen LogP contribution >= 0.6 is 0 Å². The van der Waals surface area contributed by atoms with Crippen molar-refractivity contribution in [3.05, 3.63) is 0 Å². The molecule has 0 rings (SSSR count). The average Bonchev–Trinajstić information content (AvgIpc) is 2.67. The van der Waals surface area contributed by atoms with Crippen molar-refractivity contribution in [3.8, 4) is 0 Å². The number of carbonyl (C=O) groups excluding carboxylic acids is 1. The van der Waals surface area contributed by atoms with Crippen molar-refractivity contribution in [3.63, 3.8) is 0 Å². The molecule has 0 aliphatic heterocycles. The normalized spacial score (nSPS) is 12.4. The summed E-state index contributed by atoms with van der Waals surface area (Å²) in [5, 5.41) is 31.1. The third-order valence-electron chi connectivity index (χ3n) is 5.20. The summed E-state index contributed by atoms with van der Waals surface area (Å²) < 4.78 is 0. The summed E-state index contributed by atoms with van der Waals surface area (Å²) in [6.07, 6.45) is 18.3. The van der Waals surface area contributed by atoms with E-state index < -0.39 is 30.3 Å². The Morgan fingerprint density at radius 2 is 1.13 bits per heavy atom. The monoisotopic (exact) mass is 451 g/mol. The molecule has 0 aromatic rings. The van der Waals surface area contributed by atoms with E-state index in [0.717, 1.165) is 12.8 Å². The summed E-state index contributed by atoms with van der Waals surface area (Å²) >= 11 is 0. The first-order valence-corrected chi connectivity index (χ1v) is 11.6. The summed E-state index contributed by atoms with van der Waals surface area (Å²) in [6.45, 7) is 2.25. The van der Waals surface area contributed by atoms with Gasteiger partial charge in [-0.1, -0.05) is 96.8 Å². The number of carboxylic acids is 2. The second-order valence-electron chi connectivity index (χ2n) is 7.99. The van der Waals surface area contributed by atoms with Gasteiger partial charge in [-0.05, 0) is 31.6 Å². The molecule has 6 nitrogen and oxygen atoms in total. The summed E-state index contributed by atoms with van der Waals surface area (Å²) in [5.41, 5.74) is 0. The van der Waals surface area contributed by atoms with E-state index in [4.69, 9.17) is 5.11 Å². The maximum Gasteiger partial charge on any atom is 2.00 e. The van der Waals surface area contributed by atoms with Crippen molar-refractivity contribution >= 4 is 55.6 Å². The zero-order valence-corrected chi connectivity index (χ0v) is 21.2. The Bertz CT molecular complexity index is 457. The molecule has 0 saturated heterocycles. The van der Waals surface area contributed by atoms with Gasteiger partial charge in [0.05, 0.1) is 0 Å². The molecule has 0 bridgehead atoms. The summed E-state index contributed by atoms with van der Waals surface area (Å²) in [5.74, 6) is -3.05. The molecule has 0 aromatic carbocycles. The Hall–Kier alpha value is -0.330. The Kier molecular flexibility index (Phi) is 24.8. The molecule has 170 valence electrons. The standard InChI is InChI=1S/C23H43NO5.Ca/c1-2-3-4-5-6-7-8-9-10-11-12-13-14-15-16-17-21(25)24-20(23(28)29)18-19-22(26)27;/h20H,2-19H2,1H3,(H,24,25)(H,26,27)(H,28,29);/q;+2/p-2/t20-;/m0./s1. The van der Waals surface area contributed by atoms with Crippen LogP contribution in [0.2, 0.25) is 0 Å². The quantitative estimate of drug-likeness (QED) is 0.124. The second kappa shape index (κ2) is 23.3. The van der Waals surface area contributed by atoms with Crippen LogP contribution in [0.15, 0.2) is 4.99 Å². The van der Waals surface area contributed by atoms with Gasteiger partial charge in [0, 0.05) is 5.97 Å². The second-order valence-corrected chi connectivity index (χ2v) is 7.99. The van der Waals surface area contributed by atoms with Gasteiger partial charge in [-0.3, -0.25) is 4.99 Å². The van der Waals surface area contributed by atoms with E-state index in [1.807, 2.05) is 0 Å². The van der Waals surface area contributed by atoms with Crippen molar-refractivity contribution in [1.29, 1.82) is 0 Å². The molecule has 0 aliphatic carbocycles. The third kappa shape index (κ3) is 22.4. The topological polar surface area (TPSA) is 113 Å². The van der Waals surface area contributed by atoms with Crippen LogP contribution in [0.5, 0.6) is 0 Å². The average molecular weight is 452 g/mol. The minimum Gasteiger partial charge on any atom is -0.862 e. The molecule has 0 unspecified atom stereocenters. The van der Waals surface area contributed by atoms with Crippen LogP contribution in [0, 0.1) is 0 Å². The maximum atomic E-state index is 11.7. The zero-order valence-electron chi connectivity index (χ0n) is 19.0. The molecular formula is C23H41CaNO5. The predicted molar refractivity (Wildman–Crippen MR) is 118 cm³/mol. The summed E-state index contributed by atoms with van der Waals surface area (Å²) in [4.78, 5) is 25.0. The summed E-state index contributed by atoms with van der Waals surface area (Å²) in [7, 11) is 0. The van der Waals surface area contributed by atoms with Gasteiger partial charge in [0.25, 0.3) is 0 Å². The number of hydrogen-bond donors (Lipinski definition) is 1. The molecule has 0 spiro atoms. The van der Waals surface area contributed by atoms with E-state index in [9.17, 15) is 19.8 Å². The van der Waals surface area contributed by atoms with Crippen molar-refractivity contribution in [2.75, 3.05) is 0 Å². The van der Waals surface area contributed by atoms with Crippen LogP contribution in [0.3, 0.4) is 0 Å². The van der Waals surface area contributed by atoms with Crippen molar-refractivity contribution in [1.82, 2.24) is 0 Å². The fourth-order valence-electron chi connectivity index (χ4n) is 3.38. The van der Waals surface area contributed by atoms with Crippen LogP contribution in [-0.4, -0.2) is 66.7 Å². The van der Waals surface area contributed by atoms with Gasteiger partial charge >= 0.3 is 43.7 Å². The van der Waals surface area contributed by atoms with Crippen LogP contribution in [0.4, 0.5) is 0 Å². The predicted octanol–water partition coefficient (Wildman–Crippen LogP) is 3.61. The maximum absolute atomic E-state index is 11.7. The molecular weight excluding hydrogens is 410 g/mol. The Labute approximate surface area is 212 Å². The minimum atomic E-state index is -1.33. The van der Waals surface area contributed by atoms with Crippen LogP contribution in [0.25, 0.3) is 0 Å². The number of aliphatic carboxylic acids is 2. The SMILES string of the molecule is CCCCCCCCCCCCCCCCCC([O-])=N[C@@H](CCC(=O)[O-])C(=O)O.[Ca+2]. The fourth-order valence-corrected chi connectivity index (χ4v) is 3.38. The molecule has 0 aromatic heterocycles. The first-order chi connectivity index (χ1) is 14.0. The zero-order chi connectivity index (χ0) is 21.7. The van der Waals surface area contributed by atoms with Crippen LogP contribution < -0.4 is 10.2 Å². The van der Waals surface area contributed by atoms with Crippen molar-refractivity contribution < 1.29 is 24.9 Å². The smallest absolute Gasteiger partial charge is 0.862 e. The van der Waals surface area contributed by atoms with E-state index >= 15 is 0 Å². The van der Waals surface area contributed by atoms with Crippen molar-refractivity contribution in [2.24, 2.45) is 4.99 Å². The first-order valence-electron chi connectivity index (χ1n) is 11.6. The summed E-state index contributed by atoms with van der Waals surface area (Å²) in [6, 6.07) is -1.28. The fraction of sp³-hybridized carbons (Fsp3) is 0.870. The molecule has 30 heavy (non-hydrogen) atoms. The van der Waals surface area contributed by atoms with E-state index in [0.29, 0.717) is 6.42 Å². The molecule has 0 aliphatic rings. The van der Waals surface area contributed by atoms with E-state index in [1.54, 1.807) is 0 Å². The molecule has 1 N–H and O–H groups in total. The molecule has 7 heteroatoms. The largest absolute Gasteiger partial charge is 2.00 e. The molecule has 0 saturated carbocycles. The van der Waals surface area contributed by atoms with Gasteiger partial charge in [-0.25, -0.2) is 4.79 Å². The number of carboxylic acid groups (broad SMARTS) is 2. The van der Waals surface area contributed by atoms with E-state index in [-0.39, 0.29) is 50.6 Å². The Morgan fingerprint density at radius 3 is 1.50 bits per heavy atom. The molecule has 0 heterocycles. The van der Waals surface area contributed by atoms with Gasteiger partial charge in [0.2, 0.25) is 0 Å². The van der Waals surface area contributed by atoms with E-state index in [2.05, 4.69) is 11.9 Å². The van der Waals surface area contributed by atoms with Gasteiger partial charge in [-0.15, -0.1) is 0 Å². The van der Waals surface area contributed by atoms with Gasteiger partial charge in [0.1, 0.15) is 6.04 Å². The minimum absolute atomic E-state index is 0. The van der Waals surface area contributed by atoms with Crippen LogP contribution in [-0.2, 0) is 9.59 Å². The molecule has 1 atom stereocenters. The van der Waals surface area contributed by atoms with Crippen molar-refractivity contribution in [2.45, 2.75) is 129 Å². The van der Waals surface area contributed by atoms with E-state index in [1.165, 1.54) is 77.0 Å². The van der Waals surface area contributed by atoms with Gasteiger partial charge < -0.3 is 20.1 Å². The number of unbranched alkanes of at least 4 members (excludes halogenated alkanes) is 14. The number of rotatable bonds is 21. The van der Waals surface area contributed by atoms with Crippen LogP contribution in [0.1, 0.15) is 122 Å². The Morgan fingerprint density at radius 1 is 0.733 bits per heavy atom.